The van der Waals surface area contributed by atoms with E-state index in [9.17, 15) is 23.3 Å². The van der Waals surface area contributed by atoms with Gasteiger partial charge in [0.1, 0.15) is 28.6 Å². The number of pyridine rings is 1. The van der Waals surface area contributed by atoms with Gasteiger partial charge in [-0.25, -0.2) is 18.1 Å². The molecule has 1 saturated carbocycles. The average Bonchev–Trinajstić information content (AvgIpc) is 3.89. The maximum absolute atomic E-state index is 14.2. The molecule has 19 heteroatoms. The molecule has 4 saturated heterocycles. The molecule has 0 radical (unpaired) electrons. The number of piperidine rings is 1. The number of methoxy groups -OCH3 is 1. The van der Waals surface area contributed by atoms with E-state index >= 15 is 0 Å². The fourth-order valence-corrected chi connectivity index (χ4v) is 13.0. The summed E-state index contributed by atoms with van der Waals surface area (Å²) in [7, 11) is -2.90. The van der Waals surface area contributed by atoms with Crippen LogP contribution in [-0.4, -0.2) is 141 Å². The number of hydrogen-bond donors (Lipinski definition) is 3. The number of nitro benzene ring substituents is 1. The minimum atomic E-state index is -4.60. The number of anilines is 2. The number of nitrogens with zero attached hydrogens (tertiary/aromatic N) is 6. The van der Waals surface area contributed by atoms with Crippen molar-refractivity contribution in [3.63, 3.8) is 0 Å². The van der Waals surface area contributed by atoms with Crippen LogP contribution in [0.5, 0.6) is 17.2 Å². The summed E-state index contributed by atoms with van der Waals surface area (Å²) in [5, 5.41) is 16.2. The molecule has 0 bridgehead atoms. The number of sulfonamides is 1. The highest BCUT2D eigenvalue weighted by Gasteiger charge is 2.50. The lowest BCUT2D eigenvalue weighted by atomic mass is 9.59. The number of hydrogen-bond acceptors (Lipinski definition) is 15. The summed E-state index contributed by atoms with van der Waals surface area (Å²) in [5.41, 5.74) is 5.53. The average molecular weight is 1050 g/mol. The second-order valence-corrected chi connectivity index (χ2v) is 23.2. The van der Waals surface area contributed by atoms with Gasteiger partial charge >= 0.3 is 0 Å². The fraction of sp³-hybridized carbons (Fsp3) is 0.439. The maximum atomic E-state index is 14.2. The van der Waals surface area contributed by atoms with E-state index in [2.05, 4.69) is 89.9 Å². The maximum Gasteiger partial charge on any atom is 0.293 e. The van der Waals surface area contributed by atoms with E-state index in [-0.39, 0.29) is 35.1 Å². The van der Waals surface area contributed by atoms with E-state index in [1.165, 1.54) is 28.8 Å². The van der Waals surface area contributed by atoms with E-state index in [1.54, 1.807) is 37.7 Å². The van der Waals surface area contributed by atoms with Crippen LogP contribution in [0.1, 0.15) is 78.5 Å². The minimum absolute atomic E-state index is 0.0303. The Bertz CT molecular complexity index is 3170. The van der Waals surface area contributed by atoms with Gasteiger partial charge in [0.15, 0.2) is 0 Å². The van der Waals surface area contributed by atoms with Crippen molar-refractivity contribution in [2.75, 3.05) is 89.5 Å². The van der Waals surface area contributed by atoms with Gasteiger partial charge in [0.05, 0.1) is 60.7 Å². The summed E-state index contributed by atoms with van der Waals surface area (Å²) in [6.45, 7) is 13.6. The van der Waals surface area contributed by atoms with E-state index in [0.29, 0.717) is 61.8 Å². The van der Waals surface area contributed by atoms with Gasteiger partial charge in [-0.3, -0.25) is 29.6 Å². The molecular formula is C57H67N9O9S. The molecule has 1 aliphatic carbocycles. The normalized spacial score (nSPS) is 20.8. The van der Waals surface area contributed by atoms with Crippen LogP contribution in [0.25, 0.3) is 11.0 Å². The molecule has 18 nitrogen and oxygen atoms in total. The Balaban J connectivity index is 0.772. The zero-order valence-electron chi connectivity index (χ0n) is 43.4. The number of nitrogens with one attached hydrogen (secondary N) is 3. The van der Waals surface area contributed by atoms with Crippen LogP contribution in [0.2, 0.25) is 0 Å². The third-order valence-corrected chi connectivity index (χ3v) is 17.7. The van der Waals surface area contributed by atoms with Crippen LogP contribution in [-0.2, 0) is 26.0 Å². The molecule has 5 aliphatic rings. The van der Waals surface area contributed by atoms with Gasteiger partial charge in [0.25, 0.3) is 21.6 Å². The van der Waals surface area contributed by atoms with Crippen molar-refractivity contribution in [3.8, 4) is 17.2 Å². The SMILES string of the molecule is COc1ccc(CN2CCN(C3CC4(CCN(c5ccc(C(=O)NS(=O)(=O)c6ccc(NC[C@@H]7CN(C8COC8)CCO7)c([N+](=O)[O-])c6)c(Oc6cnc7[nH]ccc7c6)c5)CC4)C3)[C@@H](c3ccccc3C(C)C)C2)cc1. The molecular weight excluding hydrogens is 987 g/mol. The van der Waals surface area contributed by atoms with Crippen molar-refractivity contribution >= 4 is 44.0 Å². The summed E-state index contributed by atoms with van der Waals surface area (Å²) in [6.07, 6.45) is 7.40. The molecule has 400 valence electrons. The van der Waals surface area contributed by atoms with Crippen molar-refractivity contribution in [1.82, 2.24) is 29.4 Å². The van der Waals surface area contributed by atoms with E-state index in [0.717, 1.165) is 94.4 Å². The lowest BCUT2D eigenvalue weighted by Crippen LogP contribution is -2.60. The number of carbonyl (C=O) groups excluding carboxylic acids is 1. The monoisotopic (exact) mass is 1050 g/mol. The molecule has 4 aliphatic heterocycles. The highest BCUT2D eigenvalue weighted by Crippen LogP contribution is 2.53. The Kier molecular flexibility index (Phi) is 14.8. The van der Waals surface area contributed by atoms with Crippen molar-refractivity contribution in [2.24, 2.45) is 5.41 Å². The standard InChI is InChI=1S/C57H67N9O9S/c1-38(2)48-6-4-5-7-49(48)53-35-62(33-39-8-11-44(72-3)12-9-39)22-23-65(53)42-29-57(30-42)17-20-63(21-18-57)41-10-14-50(54(27-41)75-45-26-40-16-19-58-55(40)60-31-45)56(67)61-76(70,71)47-13-15-51(52(28-47)66(68)69)59-32-46-34-64(24-25-74-46)43-36-73-37-43/h4-16,19,26-28,31,38,42-43,46,53,59H,17-18,20-25,29-30,32-37H2,1-3H3,(H,58,60)(H,61,67)/t46-,53-/m1/s1. The summed E-state index contributed by atoms with van der Waals surface area (Å²) < 4.78 is 53.1. The number of morpholine rings is 1. The molecule has 1 amide bonds. The van der Waals surface area contributed by atoms with E-state index < -0.39 is 31.4 Å². The molecule has 11 rings (SSSR count). The van der Waals surface area contributed by atoms with Crippen LogP contribution in [0, 0.1) is 15.5 Å². The number of nitro groups is 1. The quantitative estimate of drug-likeness (QED) is 0.0582. The fourth-order valence-electron chi connectivity index (χ4n) is 12.0. The zero-order valence-corrected chi connectivity index (χ0v) is 44.2. The highest BCUT2D eigenvalue weighted by atomic mass is 32.2. The van der Waals surface area contributed by atoms with Crippen LogP contribution in [0.15, 0.2) is 114 Å². The third-order valence-electron chi connectivity index (χ3n) is 16.4. The highest BCUT2D eigenvalue weighted by molar-refractivity contribution is 7.90. The number of ether oxygens (including phenoxy) is 4. The number of amides is 1. The Morgan fingerprint density at radius 1 is 0.921 bits per heavy atom. The Morgan fingerprint density at radius 3 is 2.47 bits per heavy atom. The van der Waals surface area contributed by atoms with E-state index in [1.807, 2.05) is 24.3 Å². The van der Waals surface area contributed by atoms with Crippen LogP contribution < -0.4 is 24.4 Å². The Hall–Kier alpha value is -6.61. The first-order valence-corrected chi connectivity index (χ1v) is 28.0. The molecule has 2 aromatic heterocycles. The molecule has 0 unspecified atom stereocenters. The van der Waals surface area contributed by atoms with Gasteiger partial charge in [-0.05, 0) is 102 Å². The molecule has 3 N–H and O–H groups in total. The van der Waals surface area contributed by atoms with Crippen LogP contribution in [0.4, 0.5) is 17.1 Å². The predicted octanol–water partition coefficient (Wildman–Crippen LogP) is 8.33. The summed E-state index contributed by atoms with van der Waals surface area (Å²) in [6, 6.07) is 30.9. The molecule has 6 heterocycles. The topological polar surface area (TPSA) is 197 Å². The van der Waals surface area contributed by atoms with E-state index in [4.69, 9.17) is 18.9 Å². The van der Waals surface area contributed by atoms with Crippen LogP contribution in [0.3, 0.4) is 0 Å². The van der Waals surface area contributed by atoms with Crippen LogP contribution >= 0.6 is 0 Å². The van der Waals surface area contributed by atoms with Gasteiger partial charge in [-0.1, -0.05) is 50.2 Å². The van der Waals surface area contributed by atoms with Gasteiger partial charge < -0.3 is 34.1 Å². The number of fused-ring (bicyclic) bond motifs is 1. The number of carbonyl (C=O) groups is 1. The summed E-state index contributed by atoms with van der Waals surface area (Å²) >= 11 is 0. The molecule has 6 aromatic rings. The van der Waals surface area contributed by atoms with Gasteiger partial charge in [0.2, 0.25) is 0 Å². The van der Waals surface area contributed by atoms with Crippen molar-refractivity contribution in [2.45, 2.75) is 81.1 Å². The van der Waals surface area contributed by atoms with Crippen molar-refractivity contribution in [3.05, 3.63) is 142 Å². The van der Waals surface area contributed by atoms with Crippen molar-refractivity contribution < 1.29 is 37.1 Å². The second-order valence-electron chi connectivity index (χ2n) is 21.5. The van der Waals surface area contributed by atoms with Gasteiger partial charge in [0, 0.05) is 100 Å². The largest absolute Gasteiger partial charge is 0.497 e. The number of piperazine rings is 1. The zero-order chi connectivity index (χ0) is 52.6. The second kappa shape index (κ2) is 21.8. The molecule has 5 fully saturated rings. The smallest absolute Gasteiger partial charge is 0.293 e. The predicted molar refractivity (Wildman–Crippen MR) is 290 cm³/mol. The number of aromatic amines is 1. The summed E-state index contributed by atoms with van der Waals surface area (Å²) in [4.78, 5) is 42.9. The number of aromatic nitrogens is 2. The molecule has 4 aromatic carbocycles. The summed E-state index contributed by atoms with van der Waals surface area (Å²) in [5.74, 6) is 0.833. The lowest BCUT2D eigenvalue weighted by molar-refractivity contribution is -0.384. The minimum Gasteiger partial charge on any atom is -0.497 e. The number of rotatable bonds is 17. The number of benzene rings is 4. The molecule has 76 heavy (non-hydrogen) atoms. The van der Waals surface area contributed by atoms with Gasteiger partial charge in [-0.2, -0.15) is 0 Å². The first-order chi connectivity index (χ1) is 36.8. The Morgan fingerprint density at radius 2 is 1.72 bits per heavy atom. The molecule has 2 atom stereocenters. The first-order valence-electron chi connectivity index (χ1n) is 26.5. The van der Waals surface area contributed by atoms with Gasteiger partial charge in [-0.15, -0.1) is 0 Å². The first kappa shape index (κ1) is 51.5. The third kappa shape index (κ3) is 11.0. The number of H-pyrrole nitrogens is 1. The Labute approximate surface area is 443 Å². The molecule has 1 spiro atoms. The lowest BCUT2D eigenvalue weighted by Gasteiger charge is -2.58. The van der Waals surface area contributed by atoms with Crippen molar-refractivity contribution in [1.29, 1.82) is 0 Å².